The zero-order valence-corrected chi connectivity index (χ0v) is 13.9. The SMILES string of the molecule is O=C(Nc1cccc(-c2nnco2)c1)N1CCSC2COCCC21. The van der Waals surface area contributed by atoms with Crippen molar-refractivity contribution in [1.29, 1.82) is 0 Å². The van der Waals surface area contributed by atoms with E-state index in [-0.39, 0.29) is 12.1 Å². The minimum Gasteiger partial charge on any atom is -0.423 e. The first kappa shape index (κ1) is 15.5. The van der Waals surface area contributed by atoms with E-state index in [1.807, 2.05) is 40.9 Å². The maximum Gasteiger partial charge on any atom is 0.322 e. The van der Waals surface area contributed by atoms with Gasteiger partial charge in [-0.1, -0.05) is 6.07 Å². The molecule has 0 saturated carbocycles. The molecule has 0 bridgehead atoms. The van der Waals surface area contributed by atoms with E-state index >= 15 is 0 Å². The van der Waals surface area contributed by atoms with Gasteiger partial charge < -0.3 is 19.4 Å². The van der Waals surface area contributed by atoms with Gasteiger partial charge in [0.05, 0.1) is 6.61 Å². The Bertz CT molecular complexity index is 707. The number of nitrogens with one attached hydrogen (secondary N) is 1. The summed E-state index contributed by atoms with van der Waals surface area (Å²) >= 11 is 1.90. The molecule has 2 aliphatic heterocycles. The van der Waals surface area contributed by atoms with Crippen molar-refractivity contribution in [3.05, 3.63) is 30.7 Å². The van der Waals surface area contributed by atoms with E-state index in [1.54, 1.807) is 0 Å². The molecule has 0 radical (unpaired) electrons. The Morgan fingerprint density at radius 3 is 3.25 bits per heavy atom. The van der Waals surface area contributed by atoms with Crippen molar-refractivity contribution in [2.45, 2.75) is 17.7 Å². The van der Waals surface area contributed by atoms with E-state index in [0.29, 0.717) is 11.1 Å². The number of thioether (sulfide) groups is 1. The second kappa shape index (κ2) is 6.82. The van der Waals surface area contributed by atoms with Crippen LogP contribution in [-0.2, 0) is 4.74 Å². The molecule has 1 aromatic heterocycles. The zero-order valence-electron chi connectivity index (χ0n) is 13.1. The molecule has 0 aliphatic carbocycles. The third kappa shape index (κ3) is 3.11. The molecule has 2 amide bonds. The van der Waals surface area contributed by atoms with Crippen LogP contribution in [0.2, 0.25) is 0 Å². The van der Waals surface area contributed by atoms with Crippen molar-refractivity contribution >= 4 is 23.5 Å². The second-order valence-corrected chi connectivity index (χ2v) is 7.14. The lowest BCUT2D eigenvalue weighted by atomic mass is 10.1. The number of hydrogen-bond donors (Lipinski definition) is 1. The van der Waals surface area contributed by atoms with Gasteiger partial charge in [0.15, 0.2) is 0 Å². The molecule has 2 aliphatic rings. The van der Waals surface area contributed by atoms with Crippen LogP contribution in [0.3, 0.4) is 0 Å². The Hall–Kier alpha value is -2.06. The number of nitrogens with zero attached hydrogens (tertiary/aromatic N) is 3. The number of anilines is 1. The first-order valence-electron chi connectivity index (χ1n) is 7.95. The summed E-state index contributed by atoms with van der Waals surface area (Å²) in [6.07, 6.45) is 2.18. The van der Waals surface area contributed by atoms with Crippen molar-refractivity contribution in [2.75, 3.05) is 30.8 Å². The summed E-state index contributed by atoms with van der Waals surface area (Å²) in [5.74, 6) is 1.38. The number of hydrogen-bond acceptors (Lipinski definition) is 6. The monoisotopic (exact) mass is 346 g/mol. The van der Waals surface area contributed by atoms with Crippen LogP contribution in [0.25, 0.3) is 11.5 Å². The molecule has 0 spiro atoms. The van der Waals surface area contributed by atoms with Gasteiger partial charge in [-0.05, 0) is 24.6 Å². The number of aromatic nitrogens is 2. The topological polar surface area (TPSA) is 80.5 Å². The highest BCUT2D eigenvalue weighted by molar-refractivity contribution is 8.00. The third-order valence-corrected chi connectivity index (χ3v) is 5.61. The predicted octanol–water partition coefficient (Wildman–Crippen LogP) is 2.47. The highest BCUT2D eigenvalue weighted by Crippen LogP contribution is 2.30. The van der Waals surface area contributed by atoms with E-state index in [2.05, 4.69) is 15.5 Å². The fraction of sp³-hybridized carbons (Fsp3) is 0.438. The molecule has 1 N–H and O–H groups in total. The number of amides is 2. The second-order valence-electron chi connectivity index (χ2n) is 5.79. The summed E-state index contributed by atoms with van der Waals surface area (Å²) in [5.41, 5.74) is 1.50. The molecule has 2 fully saturated rings. The molecule has 8 heteroatoms. The van der Waals surface area contributed by atoms with Gasteiger partial charge in [-0.15, -0.1) is 10.2 Å². The molecule has 2 atom stereocenters. The first-order chi connectivity index (χ1) is 11.8. The number of rotatable bonds is 2. The molecule has 1 aromatic carbocycles. The minimum atomic E-state index is -0.0603. The van der Waals surface area contributed by atoms with Crippen LogP contribution < -0.4 is 5.32 Å². The lowest BCUT2D eigenvalue weighted by molar-refractivity contribution is 0.0520. The summed E-state index contributed by atoms with van der Waals surface area (Å²) in [4.78, 5) is 14.7. The van der Waals surface area contributed by atoms with Crippen molar-refractivity contribution in [3.63, 3.8) is 0 Å². The van der Waals surface area contributed by atoms with Crippen LogP contribution in [0.5, 0.6) is 0 Å². The van der Waals surface area contributed by atoms with E-state index in [9.17, 15) is 4.79 Å². The van der Waals surface area contributed by atoms with Gasteiger partial charge in [-0.25, -0.2) is 4.79 Å². The van der Waals surface area contributed by atoms with Gasteiger partial charge >= 0.3 is 6.03 Å². The molecule has 2 aromatic rings. The van der Waals surface area contributed by atoms with Crippen LogP contribution in [0.4, 0.5) is 10.5 Å². The summed E-state index contributed by atoms with van der Waals surface area (Å²) < 4.78 is 10.7. The predicted molar refractivity (Wildman–Crippen MR) is 90.9 cm³/mol. The Labute approximate surface area is 143 Å². The number of benzene rings is 1. The number of fused-ring (bicyclic) bond motifs is 1. The summed E-state index contributed by atoms with van der Waals surface area (Å²) in [7, 11) is 0. The van der Waals surface area contributed by atoms with E-state index in [4.69, 9.17) is 9.15 Å². The molecule has 3 heterocycles. The number of carbonyl (C=O) groups excluding carboxylic acids is 1. The summed E-state index contributed by atoms with van der Waals surface area (Å²) in [5, 5.41) is 10.9. The number of ether oxygens (including phenoxy) is 1. The first-order valence-corrected chi connectivity index (χ1v) is 9.00. The normalized spacial score (nSPS) is 23.6. The van der Waals surface area contributed by atoms with Gasteiger partial charge in [-0.3, -0.25) is 0 Å². The van der Waals surface area contributed by atoms with Gasteiger partial charge in [0.2, 0.25) is 12.3 Å². The highest BCUT2D eigenvalue weighted by atomic mass is 32.2. The maximum absolute atomic E-state index is 12.7. The fourth-order valence-corrected chi connectivity index (χ4v) is 4.46. The fourth-order valence-electron chi connectivity index (χ4n) is 3.16. The molecule has 126 valence electrons. The average molecular weight is 346 g/mol. The quantitative estimate of drug-likeness (QED) is 0.900. The van der Waals surface area contributed by atoms with Crippen LogP contribution in [0, 0.1) is 0 Å². The Morgan fingerprint density at radius 1 is 1.42 bits per heavy atom. The molecule has 7 nitrogen and oxygen atoms in total. The minimum absolute atomic E-state index is 0.0603. The number of carbonyl (C=O) groups is 1. The summed E-state index contributed by atoms with van der Waals surface area (Å²) in [6, 6.07) is 7.61. The molecule has 4 rings (SSSR count). The molecule has 2 saturated heterocycles. The lowest BCUT2D eigenvalue weighted by Gasteiger charge is -2.43. The summed E-state index contributed by atoms with van der Waals surface area (Å²) in [6.45, 7) is 2.21. The third-order valence-electron chi connectivity index (χ3n) is 4.32. The van der Waals surface area contributed by atoms with Crippen LogP contribution >= 0.6 is 11.8 Å². The van der Waals surface area contributed by atoms with Gasteiger partial charge in [-0.2, -0.15) is 11.8 Å². The Kier molecular flexibility index (Phi) is 4.40. The molecular weight excluding hydrogens is 328 g/mol. The Morgan fingerprint density at radius 2 is 2.38 bits per heavy atom. The molecular formula is C16H18N4O3S. The largest absolute Gasteiger partial charge is 0.423 e. The maximum atomic E-state index is 12.7. The van der Waals surface area contributed by atoms with E-state index in [1.165, 1.54) is 6.39 Å². The Balaban J connectivity index is 1.48. The van der Waals surface area contributed by atoms with Gasteiger partial charge in [0, 0.05) is 41.4 Å². The van der Waals surface area contributed by atoms with Gasteiger partial charge in [0.25, 0.3) is 0 Å². The number of urea groups is 1. The average Bonchev–Trinajstić information content (AvgIpc) is 3.16. The van der Waals surface area contributed by atoms with Crippen LogP contribution in [-0.4, -0.2) is 57.9 Å². The standard InChI is InChI=1S/C16H18N4O3S/c21-16(20-5-7-24-14-9-22-6-4-13(14)20)18-12-3-1-2-11(8-12)15-19-17-10-23-15/h1-3,8,10,13-14H,4-7,9H2,(H,18,21). The van der Waals surface area contributed by atoms with E-state index < -0.39 is 0 Å². The molecule has 2 unspecified atom stereocenters. The van der Waals surface area contributed by atoms with Crippen molar-refractivity contribution in [3.8, 4) is 11.5 Å². The van der Waals surface area contributed by atoms with E-state index in [0.717, 1.165) is 43.2 Å². The van der Waals surface area contributed by atoms with Crippen molar-refractivity contribution in [2.24, 2.45) is 0 Å². The van der Waals surface area contributed by atoms with Crippen molar-refractivity contribution < 1.29 is 13.9 Å². The zero-order chi connectivity index (χ0) is 16.4. The highest BCUT2D eigenvalue weighted by Gasteiger charge is 2.36. The van der Waals surface area contributed by atoms with Crippen LogP contribution in [0.15, 0.2) is 35.1 Å². The van der Waals surface area contributed by atoms with Crippen molar-refractivity contribution in [1.82, 2.24) is 15.1 Å². The van der Waals surface area contributed by atoms with Gasteiger partial charge in [0.1, 0.15) is 0 Å². The molecule has 24 heavy (non-hydrogen) atoms. The van der Waals surface area contributed by atoms with Crippen LogP contribution in [0.1, 0.15) is 6.42 Å². The smallest absolute Gasteiger partial charge is 0.322 e. The lowest BCUT2D eigenvalue weighted by Crippen LogP contribution is -2.55.